The van der Waals surface area contributed by atoms with Gasteiger partial charge in [-0.25, -0.2) is 0 Å². The first kappa shape index (κ1) is 14.5. The Bertz CT molecular complexity index is 697. The van der Waals surface area contributed by atoms with E-state index in [0.717, 1.165) is 43.0 Å². The van der Waals surface area contributed by atoms with Crippen LogP contribution in [0.25, 0.3) is 0 Å². The molecule has 1 aromatic carbocycles. The highest BCUT2D eigenvalue weighted by Crippen LogP contribution is 2.36. The number of anilines is 1. The van der Waals surface area contributed by atoms with E-state index in [-0.39, 0.29) is 16.5 Å². The molecule has 0 unspecified atom stereocenters. The predicted octanol–water partition coefficient (Wildman–Crippen LogP) is 2.42. The average molecular weight is 301 g/mol. The molecule has 0 amide bonds. The number of nitro benzene ring substituents is 1. The van der Waals surface area contributed by atoms with E-state index >= 15 is 0 Å². The van der Waals surface area contributed by atoms with Gasteiger partial charge in [0.1, 0.15) is 17.8 Å². The zero-order chi connectivity index (χ0) is 15.7. The topological polar surface area (TPSA) is 77.1 Å². The zero-order valence-electron chi connectivity index (χ0n) is 12.8. The highest BCUT2D eigenvalue weighted by atomic mass is 16.6. The second-order valence-corrected chi connectivity index (χ2v) is 5.78. The quantitative estimate of drug-likeness (QED) is 0.642. The van der Waals surface area contributed by atoms with E-state index in [1.165, 1.54) is 0 Å². The van der Waals surface area contributed by atoms with Crippen LogP contribution in [0.3, 0.4) is 0 Å². The van der Waals surface area contributed by atoms with Crippen molar-refractivity contribution in [2.75, 3.05) is 18.0 Å². The van der Waals surface area contributed by atoms with Crippen molar-refractivity contribution in [3.8, 4) is 0 Å². The molecule has 0 saturated carbocycles. The van der Waals surface area contributed by atoms with Crippen molar-refractivity contribution in [1.29, 1.82) is 0 Å². The van der Waals surface area contributed by atoms with Crippen LogP contribution < -0.4 is 4.90 Å². The number of nitrogens with zero attached hydrogens (tertiary/aromatic N) is 5. The Hall–Kier alpha value is -2.44. The third-order valence-corrected chi connectivity index (χ3v) is 4.26. The number of aryl methyl sites for hydroxylation is 2. The first-order chi connectivity index (χ1) is 10.6. The summed E-state index contributed by atoms with van der Waals surface area (Å²) in [7, 11) is 1.94. The van der Waals surface area contributed by atoms with Crippen LogP contribution in [-0.2, 0) is 7.05 Å². The summed E-state index contributed by atoms with van der Waals surface area (Å²) in [5.41, 5.74) is 1.85. The highest BCUT2D eigenvalue weighted by molar-refractivity contribution is 5.68. The molecule has 1 saturated heterocycles. The maximum atomic E-state index is 11.3. The lowest BCUT2D eigenvalue weighted by Gasteiger charge is -2.34. The average Bonchev–Trinajstić information content (AvgIpc) is 2.93. The van der Waals surface area contributed by atoms with Gasteiger partial charge in [0.15, 0.2) is 0 Å². The van der Waals surface area contributed by atoms with Crippen LogP contribution in [0.4, 0.5) is 11.4 Å². The Labute approximate surface area is 128 Å². The predicted molar refractivity (Wildman–Crippen MR) is 83.0 cm³/mol. The molecule has 0 N–H and O–H groups in total. The van der Waals surface area contributed by atoms with Crippen molar-refractivity contribution in [2.24, 2.45) is 7.05 Å². The monoisotopic (exact) mass is 301 g/mol. The summed E-state index contributed by atoms with van der Waals surface area (Å²) in [4.78, 5) is 13.2. The number of nitro groups is 1. The van der Waals surface area contributed by atoms with E-state index < -0.39 is 0 Å². The lowest BCUT2D eigenvalue weighted by atomic mass is 9.96. The highest BCUT2D eigenvalue weighted by Gasteiger charge is 2.29. The third kappa shape index (κ3) is 2.54. The van der Waals surface area contributed by atoms with E-state index in [4.69, 9.17) is 0 Å². The molecule has 0 spiro atoms. The Morgan fingerprint density at radius 3 is 2.91 bits per heavy atom. The minimum absolute atomic E-state index is 0.179. The summed E-state index contributed by atoms with van der Waals surface area (Å²) in [6.45, 7) is 3.49. The number of hydrogen-bond acceptors (Lipinski definition) is 5. The second-order valence-electron chi connectivity index (χ2n) is 5.78. The largest absolute Gasteiger partial charge is 0.365 e. The first-order valence-corrected chi connectivity index (χ1v) is 7.40. The van der Waals surface area contributed by atoms with Crippen LogP contribution >= 0.6 is 0 Å². The van der Waals surface area contributed by atoms with Gasteiger partial charge in [0.25, 0.3) is 5.69 Å². The van der Waals surface area contributed by atoms with Crippen LogP contribution in [0.15, 0.2) is 24.5 Å². The molecule has 22 heavy (non-hydrogen) atoms. The molecule has 0 aliphatic carbocycles. The molecule has 0 radical (unpaired) electrons. The van der Waals surface area contributed by atoms with E-state index in [1.54, 1.807) is 18.5 Å². The molecule has 2 aromatic rings. The molecule has 1 fully saturated rings. The molecule has 1 aliphatic heterocycles. The van der Waals surface area contributed by atoms with Crippen molar-refractivity contribution in [3.63, 3.8) is 0 Å². The fraction of sp³-hybridized carbons (Fsp3) is 0.467. The standard InChI is InChI=1S/C15H19N5O2/c1-11-5-3-7-13(20(21)22)14(11)19-8-4-6-12(9-19)15-17-16-10-18(15)2/h3,5,7,10,12H,4,6,8-9H2,1-2H3/t12-/m0/s1. The molecule has 3 rings (SSSR count). The summed E-state index contributed by atoms with van der Waals surface area (Å²) in [5, 5.41) is 19.5. The van der Waals surface area contributed by atoms with Gasteiger partial charge in [-0.15, -0.1) is 10.2 Å². The molecular weight excluding hydrogens is 282 g/mol. The normalized spacial score (nSPS) is 18.5. The molecule has 1 atom stereocenters. The molecule has 1 aliphatic rings. The van der Waals surface area contributed by atoms with Crippen molar-refractivity contribution in [2.45, 2.75) is 25.7 Å². The first-order valence-electron chi connectivity index (χ1n) is 7.40. The molecule has 7 heteroatoms. The van der Waals surface area contributed by atoms with E-state index in [1.807, 2.05) is 24.6 Å². The Kier molecular flexibility index (Phi) is 3.79. The van der Waals surface area contributed by atoms with Crippen LogP contribution in [0, 0.1) is 17.0 Å². The molecule has 0 bridgehead atoms. The maximum absolute atomic E-state index is 11.3. The SMILES string of the molecule is Cc1cccc([N+](=O)[O-])c1N1CCC[C@H](c2nncn2C)C1. The lowest BCUT2D eigenvalue weighted by Crippen LogP contribution is -2.36. The van der Waals surface area contributed by atoms with Crippen LogP contribution in [0.5, 0.6) is 0 Å². The smallest absolute Gasteiger partial charge is 0.292 e. The summed E-state index contributed by atoms with van der Waals surface area (Å²) in [6.07, 6.45) is 3.72. The van der Waals surface area contributed by atoms with E-state index in [2.05, 4.69) is 15.1 Å². The van der Waals surface area contributed by atoms with Gasteiger partial charge < -0.3 is 9.47 Å². The maximum Gasteiger partial charge on any atom is 0.292 e. The number of rotatable bonds is 3. The van der Waals surface area contributed by atoms with Crippen LogP contribution in [-0.4, -0.2) is 32.8 Å². The van der Waals surface area contributed by atoms with Gasteiger partial charge in [0.2, 0.25) is 0 Å². The fourth-order valence-electron chi connectivity index (χ4n) is 3.25. The van der Waals surface area contributed by atoms with Gasteiger partial charge in [-0.2, -0.15) is 0 Å². The number of aromatic nitrogens is 3. The van der Waals surface area contributed by atoms with Gasteiger partial charge in [0, 0.05) is 32.1 Å². The van der Waals surface area contributed by atoms with Crippen LogP contribution in [0.1, 0.15) is 30.1 Å². The molecule has 116 valence electrons. The van der Waals surface area contributed by atoms with Gasteiger partial charge in [-0.3, -0.25) is 10.1 Å². The summed E-state index contributed by atoms with van der Waals surface area (Å²) in [5.74, 6) is 1.20. The Morgan fingerprint density at radius 2 is 2.23 bits per heavy atom. The fourth-order valence-corrected chi connectivity index (χ4v) is 3.25. The number of para-hydroxylation sites is 1. The number of hydrogen-bond donors (Lipinski definition) is 0. The van der Waals surface area contributed by atoms with E-state index in [0.29, 0.717) is 0 Å². The molecule has 2 heterocycles. The van der Waals surface area contributed by atoms with Gasteiger partial charge in [0.05, 0.1) is 4.92 Å². The van der Waals surface area contributed by atoms with E-state index in [9.17, 15) is 10.1 Å². The van der Waals surface area contributed by atoms with Crippen molar-refractivity contribution in [1.82, 2.24) is 14.8 Å². The summed E-state index contributed by atoms with van der Waals surface area (Å²) >= 11 is 0. The van der Waals surface area contributed by atoms with Crippen molar-refractivity contribution in [3.05, 3.63) is 46.0 Å². The van der Waals surface area contributed by atoms with Crippen LogP contribution in [0.2, 0.25) is 0 Å². The Balaban J connectivity index is 1.93. The molecular formula is C15H19N5O2. The van der Waals surface area contributed by atoms with Crippen molar-refractivity contribution < 1.29 is 4.92 Å². The minimum Gasteiger partial charge on any atom is -0.365 e. The number of piperidine rings is 1. The second kappa shape index (κ2) is 5.75. The summed E-state index contributed by atoms with van der Waals surface area (Å²) < 4.78 is 1.93. The van der Waals surface area contributed by atoms with Gasteiger partial charge in [-0.1, -0.05) is 12.1 Å². The zero-order valence-corrected chi connectivity index (χ0v) is 12.8. The summed E-state index contributed by atoms with van der Waals surface area (Å²) in [6, 6.07) is 5.24. The van der Waals surface area contributed by atoms with Gasteiger partial charge >= 0.3 is 0 Å². The molecule has 7 nitrogen and oxygen atoms in total. The van der Waals surface area contributed by atoms with Crippen molar-refractivity contribution >= 4 is 11.4 Å². The van der Waals surface area contributed by atoms with Gasteiger partial charge in [-0.05, 0) is 25.3 Å². The Morgan fingerprint density at radius 1 is 1.41 bits per heavy atom. The number of benzene rings is 1. The lowest BCUT2D eigenvalue weighted by molar-refractivity contribution is -0.384. The minimum atomic E-state index is -0.297. The molecule has 1 aromatic heterocycles. The third-order valence-electron chi connectivity index (χ3n) is 4.26.